The number of aliphatic carboxylic acids is 1. The molecule has 0 fully saturated rings. The third kappa shape index (κ3) is 8.76. The highest BCUT2D eigenvalue weighted by molar-refractivity contribution is 5.94. The molecule has 4 atom stereocenters. The van der Waals surface area contributed by atoms with Crippen molar-refractivity contribution in [2.45, 2.75) is 64.2 Å². The minimum absolute atomic E-state index is 0.0979. The van der Waals surface area contributed by atoms with Crippen LogP contribution in [0.1, 0.15) is 39.2 Å². The van der Waals surface area contributed by atoms with Crippen LogP contribution < -0.4 is 33.2 Å². The van der Waals surface area contributed by atoms with Crippen molar-refractivity contribution in [1.82, 2.24) is 20.9 Å². The van der Waals surface area contributed by atoms with Gasteiger partial charge in [0.15, 0.2) is 5.96 Å². The molecular weight excluding hydrogens is 492 g/mol. The number of nitrogens with zero attached hydrogens (tertiary/aromatic N) is 1. The molecule has 13 nitrogen and oxygen atoms in total. The van der Waals surface area contributed by atoms with Gasteiger partial charge in [-0.1, -0.05) is 32.0 Å². The fraction of sp³-hybridized carbons (Fsp3) is 0.480. The van der Waals surface area contributed by atoms with E-state index in [4.69, 9.17) is 17.2 Å². The van der Waals surface area contributed by atoms with Crippen LogP contribution in [-0.4, -0.2) is 70.5 Å². The molecule has 11 N–H and O–H groups in total. The Morgan fingerprint density at radius 3 is 2.32 bits per heavy atom. The molecule has 0 aliphatic carbocycles. The van der Waals surface area contributed by atoms with E-state index in [1.54, 1.807) is 20.0 Å². The Morgan fingerprint density at radius 2 is 1.68 bits per heavy atom. The Bertz CT molecular complexity index is 1160. The number of aromatic nitrogens is 1. The molecule has 3 amide bonds. The molecular formula is C25H38N8O5. The molecule has 0 radical (unpaired) electrons. The van der Waals surface area contributed by atoms with Crippen molar-refractivity contribution in [3.8, 4) is 0 Å². The van der Waals surface area contributed by atoms with Crippen LogP contribution in [0.4, 0.5) is 0 Å². The maximum atomic E-state index is 13.0. The van der Waals surface area contributed by atoms with E-state index in [1.807, 2.05) is 24.3 Å². The Morgan fingerprint density at radius 1 is 1.00 bits per heavy atom. The molecule has 2 aromatic rings. The van der Waals surface area contributed by atoms with E-state index < -0.39 is 47.9 Å². The first kappa shape index (κ1) is 30.1. The number of nitrogens with two attached hydrogens (primary N) is 3. The van der Waals surface area contributed by atoms with E-state index >= 15 is 0 Å². The number of amides is 3. The molecule has 0 aliphatic rings. The molecule has 4 unspecified atom stereocenters. The van der Waals surface area contributed by atoms with Crippen molar-refractivity contribution in [3.05, 3.63) is 36.0 Å². The van der Waals surface area contributed by atoms with E-state index in [1.165, 1.54) is 6.92 Å². The van der Waals surface area contributed by atoms with Gasteiger partial charge in [-0.2, -0.15) is 0 Å². The summed E-state index contributed by atoms with van der Waals surface area (Å²) in [4.78, 5) is 56.9. The zero-order chi connectivity index (χ0) is 28.4. The standard InChI is InChI=1S/C25H38N8O5/c1-13(2)20(24(37)38)33-21(34)14(3)31-23(36)19(9-6-10-29-25(27)28)32-22(35)17(26)11-15-12-30-18-8-5-4-7-16(15)18/h4-5,7-8,12-14,17,19-20,30H,6,9-11,26H2,1-3H3,(H,31,36)(H,32,35)(H,33,34)(H,37,38)(H4,27,28,29). The molecule has 1 heterocycles. The van der Waals surface area contributed by atoms with Crippen LogP contribution in [0.15, 0.2) is 35.5 Å². The first-order chi connectivity index (χ1) is 17.9. The van der Waals surface area contributed by atoms with E-state index in [-0.39, 0.29) is 31.3 Å². The fourth-order valence-electron chi connectivity index (χ4n) is 3.85. The lowest BCUT2D eigenvalue weighted by Crippen LogP contribution is -2.57. The summed E-state index contributed by atoms with van der Waals surface area (Å²) in [6, 6.07) is 3.49. The van der Waals surface area contributed by atoms with Crippen LogP contribution in [0.5, 0.6) is 0 Å². The number of hydrogen-bond acceptors (Lipinski definition) is 6. The first-order valence-electron chi connectivity index (χ1n) is 12.4. The second-order valence-corrected chi connectivity index (χ2v) is 9.48. The molecule has 1 aromatic carbocycles. The van der Waals surface area contributed by atoms with Gasteiger partial charge >= 0.3 is 5.97 Å². The van der Waals surface area contributed by atoms with Gasteiger partial charge in [-0.05, 0) is 43.7 Å². The molecule has 2 rings (SSSR count). The normalized spacial score (nSPS) is 14.2. The lowest BCUT2D eigenvalue weighted by atomic mass is 10.0. The smallest absolute Gasteiger partial charge is 0.326 e. The summed E-state index contributed by atoms with van der Waals surface area (Å²) in [6.07, 6.45) is 2.57. The SMILES string of the molecule is CC(NC(=O)C(CCCN=C(N)N)NC(=O)C(N)Cc1c[nH]c2ccccc12)C(=O)NC(C(=O)O)C(C)C. The fourth-order valence-corrected chi connectivity index (χ4v) is 3.85. The highest BCUT2D eigenvalue weighted by Crippen LogP contribution is 2.18. The summed E-state index contributed by atoms with van der Waals surface area (Å²) in [5, 5.41) is 17.9. The van der Waals surface area contributed by atoms with E-state index in [0.29, 0.717) is 6.42 Å². The van der Waals surface area contributed by atoms with Crippen molar-refractivity contribution < 1.29 is 24.3 Å². The number of fused-ring (bicyclic) bond motifs is 1. The Kier molecular flexibility index (Phi) is 11.1. The number of benzene rings is 1. The average molecular weight is 531 g/mol. The van der Waals surface area contributed by atoms with Crippen LogP contribution in [0, 0.1) is 5.92 Å². The minimum atomic E-state index is -1.18. The van der Waals surface area contributed by atoms with Gasteiger partial charge in [0, 0.05) is 23.6 Å². The molecule has 0 aliphatic heterocycles. The highest BCUT2D eigenvalue weighted by Gasteiger charge is 2.29. The monoisotopic (exact) mass is 530 g/mol. The number of carboxylic acid groups (broad SMARTS) is 1. The third-order valence-electron chi connectivity index (χ3n) is 6.01. The summed E-state index contributed by atoms with van der Waals surface area (Å²) in [6.45, 7) is 4.97. The third-order valence-corrected chi connectivity index (χ3v) is 6.01. The topological polar surface area (TPSA) is 231 Å². The van der Waals surface area contributed by atoms with Gasteiger partial charge in [0.05, 0.1) is 6.04 Å². The quantitative estimate of drug-likeness (QED) is 0.0882. The largest absolute Gasteiger partial charge is 0.480 e. The van der Waals surface area contributed by atoms with Gasteiger partial charge in [-0.3, -0.25) is 19.4 Å². The average Bonchev–Trinajstić information content (AvgIpc) is 3.25. The van der Waals surface area contributed by atoms with Crippen molar-refractivity contribution in [1.29, 1.82) is 0 Å². The number of rotatable bonds is 14. The van der Waals surface area contributed by atoms with Crippen LogP contribution in [-0.2, 0) is 25.6 Å². The number of carbonyl (C=O) groups excluding carboxylic acids is 3. The van der Waals surface area contributed by atoms with Gasteiger partial charge in [0.2, 0.25) is 17.7 Å². The summed E-state index contributed by atoms with van der Waals surface area (Å²) in [5.74, 6) is -3.47. The Labute approximate surface area is 221 Å². The summed E-state index contributed by atoms with van der Waals surface area (Å²) in [7, 11) is 0. The predicted molar refractivity (Wildman–Crippen MR) is 144 cm³/mol. The maximum absolute atomic E-state index is 13.0. The summed E-state index contributed by atoms with van der Waals surface area (Å²) < 4.78 is 0. The van der Waals surface area contributed by atoms with Crippen molar-refractivity contribution >= 4 is 40.6 Å². The molecule has 0 saturated heterocycles. The van der Waals surface area contributed by atoms with E-state index in [9.17, 15) is 24.3 Å². The van der Waals surface area contributed by atoms with Gasteiger partial charge in [0.1, 0.15) is 18.1 Å². The van der Waals surface area contributed by atoms with Crippen LogP contribution in [0.2, 0.25) is 0 Å². The summed E-state index contributed by atoms with van der Waals surface area (Å²) >= 11 is 0. The van der Waals surface area contributed by atoms with Gasteiger partial charge in [-0.25, -0.2) is 4.79 Å². The second kappa shape index (κ2) is 14.0. The Balaban J connectivity index is 2.07. The van der Waals surface area contributed by atoms with E-state index in [0.717, 1.165) is 16.5 Å². The molecule has 1 aromatic heterocycles. The number of carbonyl (C=O) groups is 4. The zero-order valence-corrected chi connectivity index (χ0v) is 21.9. The number of aliphatic imine (C=N–C) groups is 1. The lowest BCUT2D eigenvalue weighted by molar-refractivity contribution is -0.143. The number of nitrogens with one attached hydrogen (secondary N) is 4. The van der Waals surface area contributed by atoms with Crippen molar-refractivity contribution in [2.24, 2.45) is 28.1 Å². The molecule has 38 heavy (non-hydrogen) atoms. The number of para-hydroxylation sites is 1. The number of aromatic amines is 1. The van der Waals surface area contributed by atoms with Crippen molar-refractivity contribution in [2.75, 3.05) is 6.54 Å². The first-order valence-corrected chi connectivity index (χ1v) is 12.4. The van der Waals surface area contributed by atoms with Gasteiger partial charge < -0.3 is 43.2 Å². The van der Waals surface area contributed by atoms with Crippen LogP contribution >= 0.6 is 0 Å². The maximum Gasteiger partial charge on any atom is 0.326 e. The molecule has 208 valence electrons. The lowest BCUT2D eigenvalue weighted by Gasteiger charge is -2.24. The van der Waals surface area contributed by atoms with E-state index in [2.05, 4.69) is 25.9 Å². The molecule has 0 bridgehead atoms. The zero-order valence-electron chi connectivity index (χ0n) is 21.9. The number of H-pyrrole nitrogens is 1. The number of guanidine groups is 1. The molecule has 13 heteroatoms. The number of carboxylic acids is 1. The summed E-state index contributed by atoms with van der Waals surface area (Å²) in [5.41, 5.74) is 18.6. The Hall–Kier alpha value is -4.13. The predicted octanol–water partition coefficient (Wildman–Crippen LogP) is -0.694. The number of hydrogen-bond donors (Lipinski definition) is 8. The second-order valence-electron chi connectivity index (χ2n) is 9.48. The minimum Gasteiger partial charge on any atom is -0.480 e. The van der Waals surface area contributed by atoms with Crippen LogP contribution in [0.3, 0.4) is 0 Å². The highest BCUT2D eigenvalue weighted by atomic mass is 16.4. The van der Waals surface area contributed by atoms with Crippen molar-refractivity contribution in [3.63, 3.8) is 0 Å². The van der Waals surface area contributed by atoms with Crippen LogP contribution in [0.25, 0.3) is 10.9 Å². The molecule has 0 saturated carbocycles. The van der Waals surface area contributed by atoms with Gasteiger partial charge in [-0.15, -0.1) is 0 Å². The van der Waals surface area contributed by atoms with Gasteiger partial charge in [0.25, 0.3) is 0 Å². The molecule has 0 spiro atoms.